The number of aromatic nitrogens is 3. The van der Waals surface area contributed by atoms with Gasteiger partial charge in [-0.3, -0.25) is 0 Å². The molecule has 6 rings (SSSR count). The molecule has 308 valence electrons. The summed E-state index contributed by atoms with van der Waals surface area (Å²) < 4.78 is 0.00187. The summed E-state index contributed by atoms with van der Waals surface area (Å²) in [6, 6.07) is 32.8. The van der Waals surface area contributed by atoms with Gasteiger partial charge in [0, 0.05) is 20.5 Å². The van der Waals surface area contributed by atoms with Gasteiger partial charge in [-0.05, 0) is 76.4 Å². The highest BCUT2D eigenvalue weighted by Gasteiger charge is 2.42. The van der Waals surface area contributed by atoms with Crippen LogP contribution in [-0.2, 0) is 5.41 Å². The van der Waals surface area contributed by atoms with Gasteiger partial charge in [0.15, 0.2) is 16.1 Å². The van der Waals surface area contributed by atoms with E-state index in [4.69, 9.17) is 15.0 Å². The van der Waals surface area contributed by atoms with E-state index in [1.54, 1.807) is 29.1 Å². The van der Waals surface area contributed by atoms with E-state index < -0.39 is 0 Å². The van der Waals surface area contributed by atoms with E-state index in [0.29, 0.717) is 0 Å². The summed E-state index contributed by atoms with van der Waals surface area (Å²) in [6.45, 7) is 20.1. The van der Waals surface area contributed by atoms with Crippen LogP contribution >= 0.6 is 23.5 Å². The zero-order valence-electron chi connectivity index (χ0n) is 37.1. The van der Waals surface area contributed by atoms with Crippen LogP contribution in [0.1, 0.15) is 162 Å². The second-order valence-electron chi connectivity index (χ2n) is 18.7. The molecule has 58 heavy (non-hydrogen) atoms. The average Bonchev–Trinajstić information content (AvgIpc) is 3.44. The molecule has 0 spiro atoms. The first-order valence-electron chi connectivity index (χ1n) is 22.4. The van der Waals surface area contributed by atoms with Crippen molar-refractivity contribution in [3.05, 3.63) is 102 Å². The van der Waals surface area contributed by atoms with Crippen LogP contribution in [0.15, 0.2) is 95.2 Å². The SMILES string of the molecule is CCCCCCCCC1(CCCCCCCC)c2cc(-c3ccc(C)cc3)ccc2-c2ccc(-c3ccc(-c4nc(SC(C)(C)C)nc(SC(C)(C)C)n4)cc3)cc21. The Kier molecular flexibility index (Phi) is 15.0. The molecule has 1 aromatic heterocycles. The number of thioether (sulfide) groups is 2. The molecule has 1 heterocycles. The maximum absolute atomic E-state index is 4.98. The highest BCUT2D eigenvalue weighted by Crippen LogP contribution is 2.56. The summed E-state index contributed by atoms with van der Waals surface area (Å²) in [4.78, 5) is 14.8. The first kappa shape index (κ1) is 44.2. The second-order valence-corrected chi connectivity index (χ2v) is 22.3. The van der Waals surface area contributed by atoms with Crippen LogP contribution in [0.3, 0.4) is 0 Å². The van der Waals surface area contributed by atoms with E-state index in [1.807, 2.05) is 0 Å². The fourth-order valence-corrected chi connectivity index (χ4v) is 10.3. The lowest BCUT2D eigenvalue weighted by Crippen LogP contribution is -2.25. The first-order chi connectivity index (χ1) is 27.8. The van der Waals surface area contributed by atoms with Crippen LogP contribution in [0.25, 0.3) is 44.8 Å². The molecule has 4 aromatic carbocycles. The summed E-state index contributed by atoms with van der Waals surface area (Å²) in [5.41, 5.74) is 13.5. The maximum atomic E-state index is 4.98. The Morgan fingerprint density at radius 2 is 0.828 bits per heavy atom. The Balaban J connectivity index is 1.39. The number of aryl methyl sites for hydroxylation is 1. The minimum absolute atomic E-state index is 0.000937. The predicted octanol–water partition coefficient (Wildman–Crippen LogP) is 16.7. The van der Waals surface area contributed by atoms with Gasteiger partial charge in [-0.2, -0.15) is 4.98 Å². The highest BCUT2D eigenvalue weighted by atomic mass is 32.2. The van der Waals surface area contributed by atoms with Crippen molar-refractivity contribution in [1.82, 2.24) is 15.0 Å². The zero-order valence-corrected chi connectivity index (χ0v) is 38.8. The largest absolute Gasteiger partial charge is 0.202 e. The number of hydrogen-bond acceptors (Lipinski definition) is 5. The molecule has 1 aliphatic carbocycles. The molecule has 5 aromatic rings. The van der Waals surface area contributed by atoms with Crippen LogP contribution in [0.5, 0.6) is 0 Å². The number of unbranched alkanes of at least 4 members (excludes halogenated alkanes) is 10. The summed E-state index contributed by atoms with van der Waals surface area (Å²) in [5.74, 6) is 0.741. The zero-order chi connectivity index (χ0) is 41.3. The van der Waals surface area contributed by atoms with Crippen molar-refractivity contribution in [3.63, 3.8) is 0 Å². The van der Waals surface area contributed by atoms with Crippen LogP contribution in [0, 0.1) is 6.92 Å². The minimum atomic E-state index is 0.000937. The molecule has 0 amide bonds. The molecule has 0 saturated heterocycles. The molecule has 0 radical (unpaired) electrons. The van der Waals surface area contributed by atoms with Crippen molar-refractivity contribution < 1.29 is 0 Å². The lowest BCUT2D eigenvalue weighted by Gasteiger charge is -2.33. The lowest BCUT2D eigenvalue weighted by atomic mass is 9.70. The Bertz CT molecular complexity index is 2040. The molecule has 5 heteroatoms. The third-order valence-electron chi connectivity index (χ3n) is 11.5. The summed E-state index contributed by atoms with van der Waals surface area (Å²) in [6.07, 6.45) is 18.2. The van der Waals surface area contributed by atoms with Crippen molar-refractivity contribution in [1.29, 1.82) is 0 Å². The Labute approximate surface area is 360 Å². The summed E-state index contributed by atoms with van der Waals surface area (Å²) in [7, 11) is 0. The molecular weight excluding hydrogens is 743 g/mol. The first-order valence-corrected chi connectivity index (χ1v) is 24.0. The van der Waals surface area contributed by atoms with E-state index in [-0.39, 0.29) is 14.9 Å². The summed E-state index contributed by atoms with van der Waals surface area (Å²) in [5, 5.41) is 1.56. The molecule has 0 bridgehead atoms. The Hall–Kier alpha value is -3.41. The van der Waals surface area contributed by atoms with E-state index in [9.17, 15) is 0 Å². The Morgan fingerprint density at radius 3 is 1.26 bits per heavy atom. The Morgan fingerprint density at radius 1 is 0.448 bits per heavy atom. The van der Waals surface area contributed by atoms with Gasteiger partial charge in [0.1, 0.15) is 0 Å². The van der Waals surface area contributed by atoms with E-state index in [1.165, 1.54) is 134 Å². The van der Waals surface area contributed by atoms with Crippen molar-refractivity contribution in [2.24, 2.45) is 0 Å². The standard InChI is InChI=1S/C53H69N3S2/c1-10-12-14-16-18-20-34-53(35-21-19-17-15-13-11-2)46-36-42(39-24-22-38(3)23-25-39)30-32-44(46)45-33-31-43(37-47(45)53)40-26-28-41(29-27-40)48-54-49(57-51(4,5)6)56-50(55-48)58-52(7,8)9/h22-33,36-37H,10-21,34-35H2,1-9H3. The molecule has 0 saturated carbocycles. The smallest absolute Gasteiger partial charge is 0.192 e. The third kappa shape index (κ3) is 11.4. The summed E-state index contributed by atoms with van der Waals surface area (Å²) >= 11 is 3.40. The second kappa shape index (κ2) is 19.8. The molecular formula is C53H69N3S2. The van der Waals surface area contributed by atoms with Crippen molar-refractivity contribution >= 4 is 23.5 Å². The quantitative estimate of drug-likeness (QED) is 0.0613. The van der Waals surface area contributed by atoms with E-state index in [2.05, 4.69) is 147 Å². The van der Waals surface area contributed by atoms with Crippen molar-refractivity contribution in [2.45, 2.75) is 177 Å². The fraction of sp³-hybridized carbons (Fsp3) is 0.491. The predicted molar refractivity (Wildman–Crippen MR) is 254 cm³/mol. The van der Waals surface area contributed by atoms with Gasteiger partial charge in [0.25, 0.3) is 0 Å². The van der Waals surface area contributed by atoms with Crippen LogP contribution in [-0.4, -0.2) is 24.4 Å². The number of fused-ring (bicyclic) bond motifs is 3. The third-order valence-corrected chi connectivity index (χ3v) is 13.5. The van der Waals surface area contributed by atoms with E-state index >= 15 is 0 Å². The molecule has 0 aliphatic heterocycles. The maximum Gasteiger partial charge on any atom is 0.192 e. The number of rotatable bonds is 19. The molecule has 3 nitrogen and oxygen atoms in total. The van der Waals surface area contributed by atoms with Crippen LogP contribution < -0.4 is 0 Å². The van der Waals surface area contributed by atoms with Gasteiger partial charge in [-0.15, -0.1) is 0 Å². The van der Waals surface area contributed by atoms with Crippen molar-refractivity contribution in [3.8, 4) is 44.8 Å². The molecule has 0 N–H and O–H groups in total. The van der Waals surface area contributed by atoms with Gasteiger partial charge in [-0.25, -0.2) is 9.97 Å². The molecule has 1 aliphatic rings. The number of benzene rings is 4. The van der Waals surface area contributed by atoms with Gasteiger partial charge < -0.3 is 0 Å². The highest BCUT2D eigenvalue weighted by molar-refractivity contribution is 8.01. The van der Waals surface area contributed by atoms with E-state index in [0.717, 1.165) is 21.7 Å². The van der Waals surface area contributed by atoms with Crippen LogP contribution in [0.4, 0.5) is 0 Å². The van der Waals surface area contributed by atoms with Gasteiger partial charge in [0.05, 0.1) is 0 Å². The average molecular weight is 812 g/mol. The fourth-order valence-electron chi connectivity index (χ4n) is 8.60. The van der Waals surface area contributed by atoms with Crippen molar-refractivity contribution in [2.75, 3.05) is 0 Å². The topological polar surface area (TPSA) is 38.7 Å². The van der Waals surface area contributed by atoms with Gasteiger partial charge >= 0.3 is 0 Å². The monoisotopic (exact) mass is 811 g/mol. The minimum Gasteiger partial charge on any atom is -0.202 e. The lowest BCUT2D eigenvalue weighted by molar-refractivity contribution is 0.398. The molecule has 0 unspecified atom stereocenters. The van der Waals surface area contributed by atoms with Gasteiger partial charge in [-0.1, -0.05) is 234 Å². The van der Waals surface area contributed by atoms with Gasteiger partial charge in [0.2, 0.25) is 0 Å². The molecule has 0 atom stereocenters. The number of nitrogens with zero attached hydrogens (tertiary/aromatic N) is 3. The molecule has 0 fully saturated rings. The normalized spacial score (nSPS) is 13.5. The van der Waals surface area contributed by atoms with Crippen LogP contribution in [0.2, 0.25) is 0 Å². The number of hydrogen-bond donors (Lipinski definition) is 0.